The largest absolute Gasteiger partial charge is 0.494 e. The molecule has 2 aromatic carbocycles. The van der Waals surface area contributed by atoms with Crippen LogP contribution in [-0.2, 0) is 0 Å². The highest BCUT2D eigenvalue weighted by atomic mass is 16.5. The minimum atomic E-state index is -0.445. The van der Waals surface area contributed by atoms with E-state index in [9.17, 15) is 0 Å². The molecule has 3 heterocycles. The highest BCUT2D eigenvalue weighted by Gasteiger charge is 2.43. The molecule has 0 unspecified atom stereocenters. The van der Waals surface area contributed by atoms with E-state index in [2.05, 4.69) is 18.2 Å². The Morgan fingerprint density at radius 1 is 1.00 bits per heavy atom. The zero-order valence-corrected chi connectivity index (χ0v) is 17.1. The van der Waals surface area contributed by atoms with Gasteiger partial charge in [-0.1, -0.05) is 12.1 Å². The minimum Gasteiger partial charge on any atom is -0.494 e. The van der Waals surface area contributed by atoms with E-state index < -0.39 is 6.23 Å². The number of nitrogens with zero attached hydrogens (tertiary/aromatic N) is 2. The number of hydrazone groups is 1. The first-order valence-corrected chi connectivity index (χ1v) is 10.3. The molecule has 0 aliphatic carbocycles. The first-order chi connectivity index (χ1) is 14.8. The summed E-state index contributed by atoms with van der Waals surface area (Å²) in [5, 5.41) is 6.95. The molecule has 2 aliphatic rings. The zero-order valence-electron chi connectivity index (χ0n) is 17.1. The SMILES string of the molecule is CCOc1ccc(C2=NN3[C@@H](c4ccco4)Oc4c(OCC)cccc4[C@@H]3C2)cc1. The molecular weight excluding hydrogens is 380 g/mol. The molecule has 154 valence electrons. The number of para-hydroxylation sites is 1. The Morgan fingerprint density at radius 3 is 2.57 bits per heavy atom. The highest BCUT2D eigenvalue weighted by Crippen LogP contribution is 2.50. The van der Waals surface area contributed by atoms with Crippen molar-refractivity contribution < 1.29 is 18.6 Å². The van der Waals surface area contributed by atoms with Crippen molar-refractivity contribution in [3.63, 3.8) is 0 Å². The molecule has 2 aliphatic heterocycles. The van der Waals surface area contributed by atoms with Crippen molar-refractivity contribution in [2.45, 2.75) is 32.5 Å². The van der Waals surface area contributed by atoms with E-state index in [4.69, 9.17) is 23.7 Å². The van der Waals surface area contributed by atoms with Crippen LogP contribution in [0.25, 0.3) is 0 Å². The molecule has 30 heavy (non-hydrogen) atoms. The summed E-state index contributed by atoms with van der Waals surface area (Å²) in [6.45, 7) is 5.18. The van der Waals surface area contributed by atoms with Crippen LogP contribution in [0.1, 0.15) is 49.4 Å². The lowest BCUT2D eigenvalue weighted by molar-refractivity contribution is -0.0344. The van der Waals surface area contributed by atoms with Crippen molar-refractivity contribution in [2.24, 2.45) is 5.10 Å². The summed E-state index contributed by atoms with van der Waals surface area (Å²) in [7, 11) is 0. The maximum Gasteiger partial charge on any atom is 0.246 e. The van der Waals surface area contributed by atoms with Gasteiger partial charge in [-0.15, -0.1) is 0 Å². The molecule has 0 bridgehead atoms. The lowest BCUT2D eigenvalue weighted by atomic mass is 9.96. The maximum atomic E-state index is 6.39. The van der Waals surface area contributed by atoms with Crippen LogP contribution in [0.2, 0.25) is 0 Å². The van der Waals surface area contributed by atoms with Crippen molar-refractivity contribution in [3.05, 3.63) is 77.7 Å². The Labute approximate surface area is 175 Å². The summed E-state index contributed by atoms with van der Waals surface area (Å²) < 4.78 is 23.5. The Kier molecular flexibility index (Phi) is 4.83. The lowest BCUT2D eigenvalue weighted by Gasteiger charge is -2.37. The molecule has 6 nitrogen and oxygen atoms in total. The molecular formula is C24H24N2O4. The number of benzene rings is 2. The Morgan fingerprint density at radius 2 is 1.83 bits per heavy atom. The van der Waals surface area contributed by atoms with E-state index in [1.807, 2.05) is 55.3 Å². The Bertz CT molecular complexity index is 1040. The van der Waals surface area contributed by atoms with Crippen LogP contribution in [0.15, 0.2) is 70.4 Å². The van der Waals surface area contributed by atoms with Gasteiger partial charge >= 0.3 is 0 Å². The van der Waals surface area contributed by atoms with Crippen molar-refractivity contribution in [1.82, 2.24) is 5.01 Å². The number of ether oxygens (including phenoxy) is 3. The van der Waals surface area contributed by atoms with Crippen LogP contribution < -0.4 is 14.2 Å². The molecule has 6 heteroatoms. The summed E-state index contributed by atoms with van der Waals surface area (Å²) >= 11 is 0. The van der Waals surface area contributed by atoms with Gasteiger partial charge in [0.1, 0.15) is 5.75 Å². The van der Waals surface area contributed by atoms with Gasteiger partial charge in [-0.3, -0.25) is 0 Å². The second-order valence-electron chi connectivity index (χ2n) is 7.20. The van der Waals surface area contributed by atoms with Gasteiger partial charge < -0.3 is 18.6 Å². The zero-order chi connectivity index (χ0) is 20.5. The van der Waals surface area contributed by atoms with Crippen LogP contribution in [0.4, 0.5) is 0 Å². The van der Waals surface area contributed by atoms with Gasteiger partial charge in [0.15, 0.2) is 17.3 Å². The second-order valence-corrected chi connectivity index (χ2v) is 7.20. The molecule has 5 rings (SSSR count). The van der Waals surface area contributed by atoms with Crippen LogP contribution in [0.3, 0.4) is 0 Å². The number of fused-ring (bicyclic) bond motifs is 3. The lowest BCUT2D eigenvalue weighted by Crippen LogP contribution is -2.33. The summed E-state index contributed by atoms with van der Waals surface area (Å²) in [6, 6.07) is 18.0. The third-order valence-corrected chi connectivity index (χ3v) is 5.37. The van der Waals surface area contributed by atoms with Gasteiger partial charge in [0.2, 0.25) is 6.23 Å². The van der Waals surface area contributed by atoms with E-state index in [-0.39, 0.29) is 6.04 Å². The van der Waals surface area contributed by atoms with Crippen molar-refractivity contribution >= 4 is 5.71 Å². The van der Waals surface area contributed by atoms with Crippen molar-refractivity contribution in [2.75, 3.05) is 13.2 Å². The number of furan rings is 1. The van der Waals surface area contributed by atoms with Gasteiger partial charge in [0.25, 0.3) is 0 Å². The Balaban J connectivity index is 1.54. The molecule has 1 aromatic heterocycles. The first kappa shape index (κ1) is 18.6. The van der Waals surface area contributed by atoms with Gasteiger partial charge in [-0.2, -0.15) is 5.10 Å². The van der Waals surface area contributed by atoms with Crippen LogP contribution in [0, 0.1) is 0 Å². The van der Waals surface area contributed by atoms with Crippen LogP contribution >= 0.6 is 0 Å². The fourth-order valence-electron chi connectivity index (χ4n) is 4.06. The topological polar surface area (TPSA) is 56.4 Å². The van der Waals surface area contributed by atoms with Crippen LogP contribution in [0.5, 0.6) is 17.2 Å². The van der Waals surface area contributed by atoms with E-state index in [0.29, 0.717) is 19.0 Å². The van der Waals surface area contributed by atoms with Gasteiger partial charge in [0.05, 0.1) is 31.2 Å². The van der Waals surface area contributed by atoms with E-state index in [1.54, 1.807) is 6.26 Å². The highest BCUT2D eigenvalue weighted by molar-refractivity contribution is 6.02. The first-order valence-electron chi connectivity index (χ1n) is 10.3. The molecule has 0 spiro atoms. The molecule has 0 N–H and O–H groups in total. The van der Waals surface area contributed by atoms with E-state index in [0.717, 1.165) is 40.5 Å². The van der Waals surface area contributed by atoms with Gasteiger partial charge in [0, 0.05) is 12.0 Å². The van der Waals surface area contributed by atoms with E-state index >= 15 is 0 Å². The molecule has 2 atom stereocenters. The van der Waals surface area contributed by atoms with Crippen LogP contribution in [-0.4, -0.2) is 23.9 Å². The fourth-order valence-corrected chi connectivity index (χ4v) is 4.06. The molecule has 0 radical (unpaired) electrons. The number of hydrogen-bond donors (Lipinski definition) is 0. The normalized spacial score (nSPS) is 19.5. The predicted octanol–water partition coefficient (Wildman–Crippen LogP) is 5.32. The number of hydrogen-bond acceptors (Lipinski definition) is 6. The standard InChI is InChI=1S/C24H24N2O4/c1-3-27-17-12-10-16(11-13-17)19-15-20-18-7-5-8-21(28-4-2)23(18)30-24(26(20)25-19)22-9-6-14-29-22/h5-14,20,24H,3-4,15H2,1-2H3/t20-,24+/m0/s1. The summed E-state index contributed by atoms with van der Waals surface area (Å²) in [4.78, 5) is 0. The smallest absolute Gasteiger partial charge is 0.246 e. The molecule has 0 amide bonds. The average Bonchev–Trinajstić information content (AvgIpc) is 3.45. The quantitative estimate of drug-likeness (QED) is 0.557. The summed E-state index contributed by atoms with van der Waals surface area (Å²) in [5.41, 5.74) is 3.17. The fraction of sp³-hybridized carbons (Fsp3) is 0.292. The summed E-state index contributed by atoms with van der Waals surface area (Å²) in [6.07, 6.45) is 1.99. The predicted molar refractivity (Wildman–Crippen MR) is 113 cm³/mol. The molecule has 0 saturated heterocycles. The molecule has 0 saturated carbocycles. The third kappa shape index (κ3) is 3.18. The second kappa shape index (κ2) is 7.78. The minimum absolute atomic E-state index is 0.0471. The van der Waals surface area contributed by atoms with Crippen molar-refractivity contribution in [3.8, 4) is 17.2 Å². The Hall–Kier alpha value is -3.41. The molecule has 3 aromatic rings. The van der Waals surface area contributed by atoms with E-state index in [1.165, 1.54) is 0 Å². The average molecular weight is 404 g/mol. The third-order valence-electron chi connectivity index (χ3n) is 5.37. The van der Waals surface area contributed by atoms with Crippen molar-refractivity contribution in [1.29, 1.82) is 0 Å². The number of rotatable bonds is 6. The molecule has 0 fully saturated rings. The van der Waals surface area contributed by atoms with Gasteiger partial charge in [-0.05, 0) is 61.9 Å². The monoisotopic (exact) mass is 404 g/mol. The maximum absolute atomic E-state index is 6.39. The van der Waals surface area contributed by atoms with Gasteiger partial charge in [-0.25, -0.2) is 5.01 Å². The summed E-state index contributed by atoms with van der Waals surface area (Å²) in [5.74, 6) is 3.10.